The van der Waals surface area contributed by atoms with Gasteiger partial charge in [0, 0.05) is 12.8 Å². The molecular formula is C51H81O14P. The summed E-state index contributed by atoms with van der Waals surface area (Å²) in [6.07, 6.45) is 38.0. The average molecular weight is 949 g/mol. The average Bonchev–Trinajstić information content (AvgIpc) is 3.30. The van der Waals surface area contributed by atoms with E-state index in [1.165, 1.54) is 19.3 Å². The van der Waals surface area contributed by atoms with Gasteiger partial charge in [0.1, 0.15) is 43.2 Å². The molecule has 1 saturated carbocycles. The highest BCUT2D eigenvalue weighted by molar-refractivity contribution is 7.47. The van der Waals surface area contributed by atoms with E-state index in [9.17, 15) is 49.7 Å². The van der Waals surface area contributed by atoms with Crippen LogP contribution in [0.3, 0.4) is 0 Å². The summed E-state index contributed by atoms with van der Waals surface area (Å²) < 4.78 is 33.4. The van der Waals surface area contributed by atoms with Crippen LogP contribution in [-0.4, -0.2) is 110 Å². The van der Waals surface area contributed by atoms with Crippen molar-refractivity contribution in [3.8, 4) is 0 Å². The maximum Gasteiger partial charge on any atom is 0.472 e. The van der Waals surface area contributed by atoms with Gasteiger partial charge in [0.05, 0.1) is 12.7 Å². The fraction of sp³-hybridized carbons (Fsp3) is 0.608. The number of hydrogen-bond donors (Lipinski definition) is 7. The molecule has 374 valence electrons. The summed E-state index contributed by atoms with van der Waals surface area (Å²) in [5, 5.41) is 59.7. The molecule has 0 amide bonds. The molecule has 15 heteroatoms. The predicted molar refractivity (Wildman–Crippen MR) is 259 cm³/mol. The monoisotopic (exact) mass is 949 g/mol. The van der Waals surface area contributed by atoms with Crippen LogP contribution in [0.15, 0.2) is 109 Å². The van der Waals surface area contributed by atoms with Gasteiger partial charge in [-0.2, -0.15) is 0 Å². The van der Waals surface area contributed by atoms with E-state index in [1.54, 1.807) is 6.08 Å². The van der Waals surface area contributed by atoms with Crippen LogP contribution in [0, 0.1) is 0 Å². The fourth-order valence-electron chi connectivity index (χ4n) is 6.26. The predicted octanol–water partition coefficient (Wildman–Crippen LogP) is 8.58. The van der Waals surface area contributed by atoms with Crippen molar-refractivity contribution in [3.05, 3.63) is 109 Å². The standard InChI is InChI=1S/C51H81O14P/c1-3-5-6-7-8-9-10-11-12-13-14-15-16-21-24-27-30-33-36-39-45(54)64-43(41-63-66(60,61)65-51-49(58)47(56)46(55)48(57)50(51)59)40-62-44(53)38-35-32-29-26-23-20-18-17-19-22-25-28-31-34-37-42(52)4-2/h8-9,11-12,14-15,18-22,24,26,28-29,31,34,37,42-43,46-52,55-59H,3-7,10,13,16-17,23,25,27,30,32-33,35-36,38-41H2,1-2H3,(H,60,61)/b9-8-,12-11-,15-14-,20-18-,22-19-,24-21-,29-26-,31-28-,37-34+/t42-,43+,46?,47-,48+,49+,50+,51?/m0/s1. The molecule has 9 atom stereocenters. The van der Waals surface area contributed by atoms with E-state index < -0.39 is 81.8 Å². The summed E-state index contributed by atoms with van der Waals surface area (Å²) >= 11 is 0. The molecule has 0 aromatic carbocycles. The number of carbonyl (C=O) groups is 2. The minimum absolute atomic E-state index is 0.0328. The fourth-order valence-corrected chi connectivity index (χ4v) is 7.23. The highest BCUT2D eigenvalue weighted by Crippen LogP contribution is 2.47. The van der Waals surface area contributed by atoms with Crippen LogP contribution in [0.4, 0.5) is 0 Å². The number of phosphoric ester groups is 1. The summed E-state index contributed by atoms with van der Waals surface area (Å²) in [5.74, 6) is -1.24. The number of ether oxygens (including phenoxy) is 2. The van der Waals surface area contributed by atoms with Gasteiger partial charge in [0.2, 0.25) is 0 Å². The first-order valence-electron chi connectivity index (χ1n) is 23.8. The van der Waals surface area contributed by atoms with Crippen LogP contribution in [0.2, 0.25) is 0 Å². The first-order chi connectivity index (χ1) is 31.8. The first-order valence-corrected chi connectivity index (χ1v) is 25.3. The Morgan fingerprint density at radius 3 is 1.52 bits per heavy atom. The lowest BCUT2D eigenvalue weighted by molar-refractivity contribution is -0.220. The molecular weight excluding hydrogens is 868 g/mol. The Hall–Kier alpha value is -3.53. The van der Waals surface area contributed by atoms with Gasteiger partial charge >= 0.3 is 19.8 Å². The van der Waals surface area contributed by atoms with Gasteiger partial charge in [-0.3, -0.25) is 18.6 Å². The Labute approximate surface area is 394 Å². The molecule has 66 heavy (non-hydrogen) atoms. The zero-order valence-electron chi connectivity index (χ0n) is 39.3. The van der Waals surface area contributed by atoms with E-state index in [0.717, 1.165) is 64.2 Å². The topological polar surface area (TPSA) is 230 Å². The highest BCUT2D eigenvalue weighted by atomic mass is 31.2. The summed E-state index contributed by atoms with van der Waals surface area (Å²) in [7, 11) is -5.16. The van der Waals surface area contributed by atoms with Crippen LogP contribution in [0.1, 0.15) is 136 Å². The second-order valence-electron chi connectivity index (χ2n) is 16.1. The Morgan fingerprint density at radius 1 is 0.545 bits per heavy atom. The molecule has 0 bridgehead atoms. The van der Waals surface area contributed by atoms with Crippen molar-refractivity contribution in [2.45, 2.75) is 185 Å². The van der Waals surface area contributed by atoms with Crippen LogP contribution in [0.25, 0.3) is 0 Å². The molecule has 0 spiro atoms. The zero-order chi connectivity index (χ0) is 48.7. The van der Waals surface area contributed by atoms with Crippen molar-refractivity contribution >= 4 is 19.8 Å². The third-order valence-corrected chi connectivity index (χ3v) is 11.2. The molecule has 0 saturated heterocycles. The van der Waals surface area contributed by atoms with Crippen molar-refractivity contribution in [2.24, 2.45) is 0 Å². The highest BCUT2D eigenvalue weighted by Gasteiger charge is 2.51. The van der Waals surface area contributed by atoms with Crippen LogP contribution in [-0.2, 0) is 32.7 Å². The van der Waals surface area contributed by atoms with E-state index in [2.05, 4.69) is 73.8 Å². The van der Waals surface area contributed by atoms with Gasteiger partial charge in [-0.25, -0.2) is 4.57 Å². The molecule has 1 aliphatic rings. The number of esters is 2. The van der Waals surface area contributed by atoms with Gasteiger partial charge in [-0.15, -0.1) is 0 Å². The van der Waals surface area contributed by atoms with Crippen LogP contribution >= 0.6 is 7.82 Å². The number of phosphoric acid groups is 1. The maximum absolute atomic E-state index is 12.8. The minimum atomic E-state index is -5.16. The number of hydrogen-bond acceptors (Lipinski definition) is 13. The number of unbranched alkanes of at least 4 members (excludes halogenated alkanes) is 7. The van der Waals surface area contributed by atoms with Crippen molar-refractivity contribution in [1.82, 2.24) is 0 Å². The van der Waals surface area contributed by atoms with Crippen molar-refractivity contribution in [2.75, 3.05) is 13.2 Å². The third-order valence-electron chi connectivity index (χ3n) is 10.3. The minimum Gasteiger partial charge on any atom is -0.462 e. The van der Waals surface area contributed by atoms with Crippen molar-refractivity contribution in [1.29, 1.82) is 0 Å². The lowest BCUT2D eigenvalue weighted by Gasteiger charge is -2.41. The first kappa shape index (κ1) is 60.5. The summed E-state index contributed by atoms with van der Waals surface area (Å²) in [6.45, 7) is 2.85. The second-order valence-corrected chi connectivity index (χ2v) is 17.5. The van der Waals surface area contributed by atoms with Crippen LogP contribution in [0.5, 0.6) is 0 Å². The van der Waals surface area contributed by atoms with E-state index in [-0.39, 0.29) is 12.8 Å². The number of rotatable bonds is 37. The SMILES string of the molecule is CCCCC/C=C\C/C=C\C/C=C\C/C=C\CCCCCC(=O)O[C@H](COC(=O)CCC/C=C\C/C=C\C/C=C\C/C=C\C=C\[C@@H](O)CC)COP(=O)(O)OC1[C@H](O)[C@H](O)C(O)[C@H](O)[C@H]1O. The van der Waals surface area contributed by atoms with Gasteiger partial charge in [-0.05, 0) is 89.9 Å². The van der Waals surface area contributed by atoms with E-state index >= 15 is 0 Å². The van der Waals surface area contributed by atoms with Gasteiger partial charge < -0.3 is 45.0 Å². The zero-order valence-corrected chi connectivity index (χ0v) is 40.2. The summed E-state index contributed by atoms with van der Waals surface area (Å²) in [4.78, 5) is 35.7. The van der Waals surface area contributed by atoms with E-state index in [0.29, 0.717) is 25.7 Å². The van der Waals surface area contributed by atoms with Gasteiger partial charge in [-0.1, -0.05) is 142 Å². The quantitative estimate of drug-likeness (QED) is 0.0102. The van der Waals surface area contributed by atoms with Crippen LogP contribution < -0.4 is 0 Å². The Bertz CT molecular complexity index is 1580. The van der Waals surface area contributed by atoms with Gasteiger partial charge in [0.25, 0.3) is 0 Å². The van der Waals surface area contributed by atoms with E-state index in [1.807, 2.05) is 43.4 Å². The molecule has 0 heterocycles. The van der Waals surface area contributed by atoms with Gasteiger partial charge in [0.15, 0.2) is 6.10 Å². The number of aliphatic hydroxyl groups is 6. The number of carbonyl (C=O) groups excluding carboxylic acids is 2. The molecule has 3 unspecified atom stereocenters. The smallest absolute Gasteiger partial charge is 0.462 e. The molecule has 7 N–H and O–H groups in total. The molecule has 14 nitrogen and oxygen atoms in total. The Morgan fingerprint density at radius 2 is 1.00 bits per heavy atom. The Kier molecular flexibility index (Phi) is 36.2. The molecule has 1 aliphatic carbocycles. The largest absolute Gasteiger partial charge is 0.472 e. The maximum atomic E-state index is 12.8. The normalized spacial score (nSPS) is 22.7. The Balaban J connectivity index is 2.53. The molecule has 0 aromatic heterocycles. The lowest BCUT2D eigenvalue weighted by atomic mass is 9.85. The molecule has 1 fully saturated rings. The molecule has 0 radical (unpaired) electrons. The second kappa shape index (κ2) is 39.5. The molecule has 0 aromatic rings. The van der Waals surface area contributed by atoms with Crippen molar-refractivity contribution in [3.63, 3.8) is 0 Å². The van der Waals surface area contributed by atoms with E-state index in [4.69, 9.17) is 18.5 Å². The molecule has 1 rings (SSSR count). The number of allylic oxidation sites excluding steroid dienone is 17. The molecule has 0 aliphatic heterocycles. The summed E-state index contributed by atoms with van der Waals surface area (Å²) in [6, 6.07) is 0. The number of aliphatic hydroxyl groups excluding tert-OH is 6. The lowest BCUT2D eigenvalue weighted by Crippen LogP contribution is -2.64. The summed E-state index contributed by atoms with van der Waals surface area (Å²) in [5.41, 5.74) is 0. The third kappa shape index (κ3) is 31.4. The van der Waals surface area contributed by atoms with Crippen molar-refractivity contribution < 1.29 is 68.2 Å².